The molecule has 0 radical (unpaired) electrons. The third kappa shape index (κ3) is 4.43. The molecule has 0 bridgehead atoms. The van der Waals surface area contributed by atoms with E-state index in [9.17, 15) is 0 Å². The van der Waals surface area contributed by atoms with Crippen molar-refractivity contribution in [2.75, 3.05) is 60.9 Å². The van der Waals surface area contributed by atoms with Crippen LogP contribution in [0.5, 0.6) is 0 Å². The van der Waals surface area contributed by atoms with Crippen molar-refractivity contribution < 1.29 is 0 Å². The maximum Gasteiger partial charge on any atom is 0.158 e. The second-order valence-corrected chi connectivity index (χ2v) is 9.51. The molecule has 2 aliphatic heterocycles. The second-order valence-electron chi connectivity index (χ2n) is 9.51. The van der Waals surface area contributed by atoms with Crippen molar-refractivity contribution in [3.05, 3.63) is 72.3 Å². The van der Waals surface area contributed by atoms with Crippen LogP contribution in [-0.2, 0) is 0 Å². The minimum atomic E-state index is 0.670. The Kier molecular flexibility index (Phi) is 6.36. The lowest BCUT2D eigenvalue weighted by Crippen LogP contribution is -2.26. The zero-order chi connectivity index (χ0) is 26.9. The number of nitrogens with zero attached hydrogens (tertiary/aromatic N) is 10. The highest BCUT2D eigenvalue weighted by atomic mass is 15.3. The summed E-state index contributed by atoms with van der Waals surface area (Å²) in [7, 11) is 8.06. The van der Waals surface area contributed by atoms with Gasteiger partial charge in [0.25, 0.3) is 0 Å². The number of anilines is 8. The van der Waals surface area contributed by atoms with Crippen LogP contribution < -0.4 is 19.6 Å². The van der Waals surface area contributed by atoms with E-state index in [2.05, 4.69) is 54.0 Å². The molecule has 10 heteroatoms. The minimum Gasteiger partial charge on any atom is -0.339 e. The monoisotopic (exact) mass is 518 g/mol. The van der Waals surface area contributed by atoms with Crippen molar-refractivity contribution in [3.63, 3.8) is 0 Å². The van der Waals surface area contributed by atoms with Gasteiger partial charge in [-0.1, -0.05) is 0 Å². The Morgan fingerprint density at radius 1 is 0.564 bits per heavy atom. The van der Waals surface area contributed by atoms with Gasteiger partial charge in [0.15, 0.2) is 23.3 Å². The summed E-state index contributed by atoms with van der Waals surface area (Å²) in [5, 5.41) is 0. The SMILES string of the molecule is CN1c2cccnc2N(C)c2nc(/C=N\CCC/N=C/c3ccc4c(n3)N(C)c3ncccc3N4C)ccc21. The van der Waals surface area contributed by atoms with E-state index in [1.165, 1.54) is 0 Å². The molecule has 4 aromatic rings. The normalized spacial score (nSPS) is 14.1. The number of aliphatic imine (C=N–C) groups is 2. The molecule has 10 nitrogen and oxygen atoms in total. The molecule has 0 spiro atoms. The fourth-order valence-corrected chi connectivity index (χ4v) is 4.92. The molecule has 0 unspecified atom stereocenters. The van der Waals surface area contributed by atoms with E-state index in [0.717, 1.165) is 63.8 Å². The lowest BCUT2D eigenvalue weighted by Gasteiger charge is -2.34. The molecule has 4 aromatic heterocycles. The number of fused-ring (bicyclic) bond motifs is 4. The van der Waals surface area contributed by atoms with Gasteiger partial charge in [-0.3, -0.25) is 9.98 Å². The summed E-state index contributed by atoms with van der Waals surface area (Å²) >= 11 is 0. The molecule has 0 saturated heterocycles. The number of rotatable bonds is 6. The van der Waals surface area contributed by atoms with Crippen LogP contribution in [0.25, 0.3) is 0 Å². The van der Waals surface area contributed by atoms with Crippen LogP contribution in [0.3, 0.4) is 0 Å². The van der Waals surface area contributed by atoms with E-state index in [-0.39, 0.29) is 0 Å². The fourth-order valence-electron chi connectivity index (χ4n) is 4.92. The first kappa shape index (κ1) is 24.5. The highest BCUT2D eigenvalue weighted by molar-refractivity contribution is 5.92. The molecule has 0 saturated carbocycles. The molecule has 2 aliphatic rings. The number of hydrogen-bond acceptors (Lipinski definition) is 10. The summed E-state index contributed by atoms with van der Waals surface area (Å²) in [6, 6.07) is 16.2. The van der Waals surface area contributed by atoms with Gasteiger partial charge in [-0.2, -0.15) is 0 Å². The third-order valence-corrected chi connectivity index (χ3v) is 7.02. The van der Waals surface area contributed by atoms with E-state index >= 15 is 0 Å². The number of aromatic nitrogens is 4. The standard InChI is InChI=1S/C29H30N10/c1-36-22-8-5-16-32-26(22)38(3)28-24(36)12-10-20(34-28)18-30-14-7-15-31-19-21-11-13-25-29(35-21)39(4)27-23(37(25)2)9-6-17-33-27/h5-6,8-13,16-19H,7,14-15H2,1-4H3/b30-18-,31-19+. The van der Waals surface area contributed by atoms with Gasteiger partial charge in [-0.15, -0.1) is 0 Å². The molecule has 0 aromatic carbocycles. The Morgan fingerprint density at radius 3 is 1.46 bits per heavy atom. The summed E-state index contributed by atoms with van der Waals surface area (Å²) in [6.07, 6.45) is 8.10. The lowest BCUT2D eigenvalue weighted by atomic mass is 10.2. The Morgan fingerprint density at radius 2 is 1.00 bits per heavy atom. The van der Waals surface area contributed by atoms with Gasteiger partial charge >= 0.3 is 0 Å². The zero-order valence-corrected chi connectivity index (χ0v) is 22.5. The average Bonchev–Trinajstić information content (AvgIpc) is 2.98. The lowest BCUT2D eigenvalue weighted by molar-refractivity contribution is 0.850. The van der Waals surface area contributed by atoms with Gasteiger partial charge in [-0.05, 0) is 55.0 Å². The first-order valence-electron chi connectivity index (χ1n) is 12.9. The van der Waals surface area contributed by atoms with Crippen molar-refractivity contribution in [2.45, 2.75) is 6.42 Å². The Balaban J connectivity index is 1.05. The highest BCUT2D eigenvalue weighted by Gasteiger charge is 2.27. The molecular weight excluding hydrogens is 488 g/mol. The van der Waals surface area contributed by atoms with E-state index in [1.807, 2.05) is 74.7 Å². The fraction of sp³-hybridized carbons (Fsp3) is 0.241. The Hall–Kier alpha value is -4.86. The maximum absolute atomic E-state index is 4.82. The summed E-state index contributed by atoms with van der Waals surface area (Å²) in [5.74, 6) is 3.51. The first-order valence-corrected chi connectivity index (χ1v) is 12.9. The van der Waals surface area contributed by atoms with E-state index in [4.69, 9.17) is 9.97 Å². The molecule has 0 fully saturated rings. The molecule has 0 aliphatic carbocycles. The Bertz CT molecular complexity index is 1460. The van der Waals surface area contributed by atoms with Crippen molar-refractivity contribution in [1.29, 1.82) is 0 Å². The van der Waals surface area contributed by atoms with E-state index in [1.54, 1.807) is 12.4 Å². The van der Waals surface area contributed by atoms with Gasteiger partial charge in [0.2, 0.25) is 0 Å². The zero-order valence-electron chi connectivity index (χ0n) is 22.5. The highest BCUT2D eigenvalue weighted by Crippen LogP contribution is 2.44. The molecule has 6 heterocycles. The number of hydrogen-bond donors (Lipinski definition) is 0. The van der Waals surface area contributed by atoms with Crippen LogP contribution in [0.15, 0.2) is 70.9 Å². The second kappa shape index (κ2) is 10.1. The molecule has 0 N–H and O–H groups in total. The molecule has 39 heavy (non-hydrogen) atoms. The summed E-state index contributed by atoms with van der Waals surface area (Å²) in [4.78, 5) is 36.1. The minimum absolute atomic E-state index is 0.670. The molecular formula is C29H30N10. The smallest absolute Gasteiger partial charge is 0.158 e. The van der Waals surface area contributed by atoms with Crippen LogP contribution in [0.4, 0.5) is 46.0 Å². The number of pyridine rings is 4. The van der Waals surface area contributed by atoms with E-state index in [0.29, 0.717) is 13.1 Å². The summed E-state index contributed by atoms with van der Waals surface area (Å²) in [6.45, 7) is 1.34. The van der Waals surface area contributed by atoms with E-state index < -0.39 is 0 Å². The van der Waals surface area contributed by atoms with Gasteiger partial charge in [-0.25, -0.2) is 19.9 Å². The van der Waals surface area contributed by atoms with Gasteiger partial charge in [0, 0.05) is 66.1 Å². The predicted molar refractivity (Wildman–Crippen MR) is 159 cm³/mol. The summed E-state index contributed by atoms with van der Waals surface area (Å²) < 4.78 is 0. The average molecular weight is 519 g/mol. The first-order chi connectivity index (χ1) is 19.0. The molecule has 6 rings (SSSR count). The van der Waals surface area contributed by atoms with Gasteiger partial charge in [0.05, 0.1) is 34.1 Å². The quantitative estimate of drug-likeness (QED) is 0.263. The van der Waals surface area contributed by atoms with Gasteiger partial charge in [0.1, 0.15) is 0 Å². The van der Waals surface area contributed by atoms with Gasteiger partial charge < -0.3 is 19.6 Å². The van der Waals surface area contributed by atoms with Crippen molar-refractivity contribution in [3.8, 4) is 0 Å². The van der Waals surface area contributed by atoms with Crippen LogP contribution in [0, 0.1) is 0 Å². The Labute approximate surface area is 228 Å². The summed E-state index contributed by atoms with van der Waals surface area (Å²) in [5.41, 5.74) is 5.84. The van der Waals surface area contributed by atoms with Crippen molar-refractivity contribution >= 4 is 58.5 Å². The predicted octanol–water partition coefficient (Wildman–Crippen LogP) is 4.89. The third-order valence-electron chi connectivity index (χ3n) is 7.02. The topological polar surface area (TPSA) is 89.2 Å². The van der Waals surface area contributed by atoms with Crippen LogP contribution >= 0.6 is 0 Å². The van der Waals surface area contributed by atoms with Crippen molar-refractivity contribution in [1.82, 2.24) is 19.9 Å². The molecule has 0 atom stereocenters. The largest absolute Gasteiger partial charge is 0.339 e. The maximum atomic E-state index is 4.82. The van der Waals surface area contributed by atoms with Crippen LogP contribution in [0.2, 0.25) is 0 Å². The molecule has 196 valence electrons. The van der Waals surface area contributed by atoms with Crippen LogP contribution in [0.1, 0.15) is 17.8 Å². The van der Waals surface area contributed by atoms with Crippen molar-refractivity contribution in [2.24, 2.45) is 9.98 Å². The van der Waals surface area contributed by atoms with Crippen LogP contribution in [-0.4, -0.2) is 73.6 Å². The molecule has 0 amide bonds.